The Labute approximate surface area is 199 Å². The van der Waals surface area contributed by atoms with Crippen LogP contribution in [-0.4, -0.2) is 50.3 Å². The second kappa shape index (κ2) is 9.89. The van der Waals surface area contributed by atoms with Gasteiger partial charge in [0.1, 0.15) is 11.5 Å². The van der Waals surface area contributed by atoms with Crippen molar-refractivity contribution in [2.24, 2.45) is 11.1 Å². The molecule has 0 aromatic heterocycles. The fourth-order valence-corrected chi connectivity index (χ4v) is 5.62. The second-order valence-corrected chi connectivity index (χ2v) is 9.51. The van der Waals surface area contributed by atoms with Gasteiger partial charge in [-0.3, -0.25) is 4.79 Å². The van der Waals surface area contributed by atoms with Gasteiger partial charge in [-0.15, -0.1) is 0 Å². The predicted octanol–water partition coefficient (Wildman–Crippen LogP) is 4.18. The maximum Gasteiger partial charge on any atom is 0.233 e. The molecule has 1 spiro atoms. The lowest BCUT2D eigenvalue weighted by molar-refractivity contribution is -0.127. The summed E-state index contributed by atoms with van der Waals surface area (Å²) in [6.07, 6.45) is 5.15. The number of ether oxygens (including phenoxy) is 2. The first kappa shape index (κ1) is 23.2. The Hall–Kier alpha value is -2.97. The number of carbonyl (C=O) groups is 1. The molecular formula is C25H30N4O3S. The number of nitrogens with two attached hydrogens (primary N) is 1. The molecule has 0 saturated carbocycles. The van der Waals surface area contributed by atoms with Crippen LogP contribution in [0.3, 0.4) is 0 Å². The van der Waals surface area contributed by atoms with E-state index in [4.69, 9.17) is 20.6 Å². The van der Waals surface area contributed by atoms with Gasteiger partial charge in [0.05, 0.1) is 19.6 Å². The molecule has 2 aliphatic rings. The van der Waals surface area contributed by atoms with Crippen LogP contribution in [0.25, 0.3) is 5.57 Å². The van der Waals surface area contributed by atoms with Crippen molar-refractivity contribution in [1.82, 2.24) is 4.31 Å². The summed E-state index contributed by atoms with van der Waals surface area (Å²) >= 11 is 1.73. The van der Waals surface area contributed by atoms with E-state index in [1.165, 1.54) is 12.4 Å². The van der Waals surface area contributed by atoms with Crippen LogP contribution in [0.15, 0.2) is 53.6 Å². The molecule has 8 heteroatoms. The van der Waals surface area contributed by atoms with Crippen LogP contribution in [-0.2, 0) is 4.79 Å². The number of benzene rings is 2. The van der Waals surface area contributed by atoms with Crippen LogP contribution in [0.1, 0.15) is 24.8 Å². The van der Waals surface area contributed by atoms with Crippen LogP contribution in [0.5, 0.6) is 11.5 Å². The lowest BCUT2D eigenvalue weighted by Gasteiger charge is -2.37. The fourth-order valence-electron chi connectivity index (χ4n) is 4.65. The summed E-state index contributed by atoms with van der Waals surface area (Å²) in [7, 11) is 3.26. The van der Waals surface area contributed by atoms with Crippen LogP contribution >= 0.6 is 11.9 Å². The molecule has 2 aliphatic heterocycles. The van der Waals surface area contributed by atoms with Gasteiger partial charge < -0.3 is 25.5 Å². The number of nitrogens with zero attached hydrogens (tertiary/aromatic N) is 2. The van der Waals surface area contributed by atoms with Crippen molar-refractivity contribution in [3.05, 3.63) is 54.2 Å². The molecule has 2 heterocycles. The topological polar surface area (TPSA) is 91.9 Å². The van der Waals surface area contributed by atoms with E-state index in [2.05, 4.69) is 10.4 Å². The number of methoxy groups -OCH3 is 2. The maximum atomic E-state index is 13.5. The molecule has 2 saturated heterocycles. The van der Waals surface area contributed by atoms with E-state index >= 15 is 0 Å². The van der Waals surface area contributed by atoms with Gasteiger partial charge >= 0.3 is 0 Å². The highest BCUT2D eigenvalue weighted by atomic mass is 32.2. The van der Waals surface area contributed by atoms with E-state index in [0.717, 1.165) is 54.2 Å². The quantitative estimate of drug-likeness (QED) is 0.470. The predicted molar refractivity (Wildman–Crippen MR) is 133 cm³/mol. The highest BCUT2D eigenvalue weighted by Crippen LogP contribution is 2.45. The van der Waals surface area contributed by atoms with Crippen LogP contribution in [0.4, 0.5) is 5.69 Å². The Morgan fingerprint density at radius 1 is 1.09 bits per heavy atom. The maximum absolute atomic E-state index is 13.5. The standard InChI is InChI=1S/C25H30N4O3S/c1-31-20-4-3-5-21(15-20)33-28-11-8-25(9-12-28)10-13-29(24(25)30)19-6-7-22(18(16-26)17-27)23(14-19)32-2/h3-7,14-17,26H,8-13,27H2,1-2H3/b18-17+,26-16?. The number of anilines is 1. The molecule has 0 unspecified atom stereocenters. The zero-order valence-electron chi connectivity index (χ0n) is 19.0. The molecule has 2 aromatic rings. The van der Waals surface area contributed by atoms with Gasteiger partial charge in [-0.25, -0.2) is 4.31 Å². The zero-order valence-corrected chi connectivity index (χ0v) is 19.9. The van der Waals surface area contributed by atoms with Gasteiger partial charge in [0.25, 0.3) is 0 Å². The average Bonchev–Trinajstić information content (AvgIpc) is 3.17. The van der Waals surface area contributed by atoms with E-state index in [1.54, 1.807) is 26.2 Å². The zero-order chi connectivity index (χ0) is 23.4. The summed E-state index contributed by atoms with van der Waals surface area (Å²) < 4.78 is 13.2. The molecule has 2 aromatic carbocycles. The Balaban J connectivity index is 1.44. The number of carbonyl (C=O) groups excluding carboxylic acids is 1. The first-order valence-corrected chi connectivity index (χ1v) is 11.8. The number of hydrogen-bond donors (Lipinski definition) is 2. The van der Waals surface area contributed by atoms with Crippen molar-refractivity contribution in [2.75, 3.05) is 38.8 Å². The number of amides is 1. The monoisotopic (exact) mass is 466 g/mol. The summed E-state index contributed by atoms with van der Waals surface area (Å²) in [5.41, 5.74) is 7.48. The Morgan fingerprint density at radius 2 is 1.85 bits per heavy atom. The number of hydrogen-bond acceptors (Lipinski definition) is 7. The highest BCUT2D eigenvalue weighted by Gasteiger charge is 2.48. The third-order valence-corrected chi connectivity index (χ3v) is 7.70. The second-order valence-electron chi connectivity index (χ2n) is 8.34. The van der Waals surface area contributed by atoms with Gasteiger partial charge in [0, 0.05) is 59.8 Å². The molecule has 0 atom stereocenters. The summed E-state index contributed by atoms with van der Waals surface area (Å²) in [5.74, 6) is 1.65. The molecule has 7 nitrogen and oxygen atoms in total. The van der Waals surface area contributed by atoms with E-state index in [1.807, 2.05) is 41.3 Å². The Kier molecular flexibility index (Phi) is 6.95. The normalized spacial score (nSPS) is 18.5. The van der Waals surface area contributed by atoms with E-state index in [9.17, 15) is 4.79 Å². The van der Waals surface area contributed by atoms with Gasteiger partial charge in [-0.05, 0) is 61.5 Å². The molecule has 33 heavy (non-hydrogen) atoms. The van der Waals surface area contributed by atoms with Gasteiger partial charge in [0.15, 0.2) is 0 Å². The van der Waals surface area contributed by atoms with Crippen molar-refractivity contribution < 1.29 is 14.3 Å². The number of piperidine rings is 1. The van der Waals surface area contributed by atoms with E-state index in [0.29, 0.717) is 17.9 Å². The van der Waals surface area contributed by atoms with Crippen molar-refractivity contribution >= 4 is 35.3 Å². The summed E-state index contributed by atoms with van der Waals surface area (Å²) in [4.78, 5) is 16.6. The molecular weight excluding hydrogens is 436 g/mol. The van der Waals surface area contributed by atoms with Crippen LogP contribution in [0, 0.1) is 10.8 Å². The van der Waals surface area contributed by atoms with Crippen LogP contribution in [0.2, 0.25) is 0 Å². The summed E-state index contributed by atoms with van der Waals surface area (Å²) in [5, 5.41) is 7.55. The molecule has 3 N–H and O–H groups in total. The third kappa shape index (κ3) is 4.58. The molecule has 0 radical (unpaired) electrons. The van der Waals surface area contributed by atoms with Crippen LogP contribution < -0.4 is 20.1 Å². The molecule has 174 valence electrons. The smallest absolute Gasteiger partial charge is 0.233 e. The van der Waals surface area contributed by atoms with Crippen molar-refractivity contribution in [2.45, 2.75) is 24.2 Å². The third-order valence-electron chi connectivity index (χ3n) is 6.61. The minimum absolute atomic E-state index is 0.199. The van der Waals surface area contributed by atoms with Crippen molar-refractivity contribution in [1.29, 1.82) is 5.41 Å². The molecule has 4 rings (SSSR count). The minimum atomic E-state index is -0.297. The molecule has 2 fully saturated rings. The van der Waals surface area contributed by atoms with Gasteiger partial charge in [-0.1, -0.05) is 6.07 Å². The first-order valence-electron chi connectivity index (χ1n) is 11.0. The fraction of sp³-hybridized carbons (Fsp3) is 0.360. The Morgan fingerprint density at radius 3 is 2.52 bits per heavy atom. The molecule has 0 aliphatic carbocycles. The van der Waals surface area contributed by atoms with Gasteiger partial charge in [-0.2, -0.15) is 0 Å². The van der Waals surface area contributed by atoms with Crippen molar-refractivity contribution in [3.63, 3.8) is 0 Å². The Bertz CT molecular complexity index is 1060. The highest BCUT2D eigenvalue weighted by molar-refractivity contribution is 7.97. The molecule has 0 bridgehead atoms. The van der Waals surface area contributed by atoms with Gasteiger partial charge in [0.2, 0.25) is 5.91 Å². The van der Waals surface area contributed by atoms with Crippen molar-refractivity contribution in [3.8, 4) is 11.5 Å². The lowest BCUT2D eigenvalue weighted by atomic mass is 9.77. The summed E-state index contributed by atoms with van der Waals surface area (Å²) in [6, 6.07) is 13.7. The van der Waals surface area contributed by atoms with E-state index < -0.39 is 0 Å². The first-order chi connectivity index (χ1) is 16.0. The number of nitrogens with one attached hydrogen (secondary N) is 1. The number of rotatable bonds is 7. The SMILES string of the molecule is COc1cccc(SN2CCC3(CC2)CCN(c2ccc(/C(C=N)=C/N)c(OC)c2)C3=O)c1. The summed E-state index contributed by atoms with van der Waals surface area (Å²) in [6.45, 7) is 2.44. The largest absolute Gasteiger partial charge is 0.497 e. The molecule has 1 amide bonds. The van der Waals surface area contributed by atoms with E-state index in [-0.39, 0.29) is 11.3 Å². The average molecular weight is 467 g/mol. The lowest BCUT2D eigenvalue weighted by Crippen LogP contribution is -2.42. The minimum Gasteiger partial charge on any atom is -0.497 e. The number of allylic oxidation sites excluding steroid dienone is 1.